The summed E-state index contributed by atoms with van der Waals surface area (Å²) in [7, 11) is -3.43. The Labute approximate surface area is 171 Å². The highest BCUT2D eigenvalue weighted by molar-refractivity contribution is 7.86. The van der Waals surface area contributed by atoms with Gasteiger partial charge in [0.25, 0.3) is 10.1 Å². The molecule has 0 heterocycles. The van der Waals surface area contributed by atoms with E-state index >= 15 is 0 Å². The van der Waals surface area contributed by atoms with Gasteiger partial charge in [0.2, 0.25) is 0 Å². The Hall–Kier alpha value is -3.01. The van der Waals surface area contributed by atoms with E-state index in [4.69, 9.17) is 11.6 Å². The van der Waals surface area contributed by atoms with Crippen LogP contribution in [0.15, 0.2) is 57.6 Å². The highest BCUT2D eigenvalue weighted by Crippen LogP contribution is 2.40. The Morgan fingerprint density at radius 2 is 1.83 bits per heavy atom. The molecule has 8 nitrogen and oxygen atoms in total. The van der Waals surface area contributed by atoms with Crippen LogP contribution in [-0.2, 0) is 14.9 Å². The zero-order chi connectivity index (χ0) is 21.3. The highest BCUT2D eigenvalue weighted by Gasteiger charge is 2.20. The molecule has 0 saturated heterocycles. The summed E-state index contributed by atoms with van der Waals surface area (Å²) in [6.07, 6.45) is 0. The monoisotopic (exact) mass is 434 g/mol. The molecule has 0 aliphatic heterocycles. The Balaban J connectivity index is 2.26. The number of carbonyl (C=O) groups excluding carboxylic acids is 1. The Bertz CT molecular complexity index is 1270. The first-order valence-electron chi connectivity index (χ1n) is 8.16. The third kappa shape index (κ3) is 4.07. The van der Waals surface area contributed by atoms with E-state index in [-0.39, 0.29) is 22.0 Å². The van der Waals surface area contributed by atoms with Gasteiger partial charge in [-0.2, -0.15) is 8.42 Å². The molecule has 29 heavy (non-hydrogen) atoms. The molecule has 0 radical (unpaired) electrons. The van der Waals surface area contributed by atoms with Crippen molar-refractivity contribution in [2.45, 2.75) is 11.8 Å². The molecule has 0 atom stereocenters. The number of azo groups is 1. The number of halogens is 1. The molecule has 2 N–H and O–H groups in total. The summed E-state index contributed by atoms with van der Waals surface area (Å²) in [5.74, 6) is -1.26. The van der Waals surface area contributed by atoms with Crippen LogP contribution in [0.5, 0.6) is 5.75 Å². The summed E-state index contributed by atoms with van der Waals surface area (Å²) in [5.41, 5.74) is -0.00661. The Morgan fingerprint density at radius 3 is 2.48 bits per heavy atom. The van der Waals surface area contributed by atoms with Crippen LogP contribution in [-0.4, -0.2) is 31.2 Å². The van der Waals surface area contributed by atoms with Gasteiger partial charge in [0, 0.05) is 10.4 Å². The zero-order valence-electron chi connectivity index (χ0n) is 15.2. The van der Waals surface area contributed by atoms with Crippen LogP contribution >= 0.6 is 11.6 Å². The summed E-state index contributed by atoms with van der Waals surface area (Å²) < 4.78 is 37.5. The number of hydrogen-bond donors (Lipinski definition) is 2. The van der Waals surface area contributed by atoms with Gasteiger partial charge in [-0.15, -0.1) is 10.2 Å². The minimum absolute atomic E-state index is 0.0681. The van der Waals surface area contributed by atoms with Crippen molar-refractivity contribution in [1.82, 2.24) is 0 Å². The molecule has 0 bridgehead atoms. The summed E-state index contributed by atoms with van der Waals surface area (Å²) in [5, 5.41) is 19.6. The highest BCUT2D eigenvalue weighted by atomic mass is 35.5. The van der Waals surface area contributed by atoms with Crippen LogP contribution in [0, 0.1) is 6.92 Å². The lowest BCUT2D eigenvalue weighted by Gasteiger charge is -2.09. The maximum Gasteiger partial charge on any atom is 0.341 e. The summed E-state index contributed by atoms with van der Waals surface area (Å²) in [6.45, 7) is 1.57. The van der Waals surface area contributed by atoms with Gasteiger partial charge >= 0.3 is 5.97 Å². The third-order valence-corrected chi connectivity index (χ3v) is 5.47. The number of methoxy groups -OCH3 is 1. The number of nitrogens with zero attached hydrogens (tertiary/aromatic N) is 2. The van der Waals surface area contributed by atoms with Crippen LogP contribution in [0.25, 0.3) is 10.8 Å². The molecule has 0 saturated carbocycles. The standard InChI is InChI=1S/C19H15ClN2O6S/c1-10-7-16(29(25,26)27)15(9-14(10)20)21-22-17-12-6-4-3-5-11(12)8-13(18(17)23)19(24)28-2/h3-9,23H,1-2H3,(H,25,26,27)/b22-21+. The molecule has 0 aromatic heterocycles. The number of rotatable bonds is 4. The number of esters is 1. The molecule has 3 aromatic rings. The normalized spacial score (nSPS) is 11.9. The molecule has 0 aliphatic carbocycles. The largest absolute Gasteiger partial charge is 0.505 e. The second-order valence-electron chi connectivity index (χ2n) is 6.08. The first-order valence-corrected chi connectivity index (χ1v) is 9.97. The molecule has 0 fully saturated rings. The van der Waals surface area contributed by atoms with Crippen molar-refractivity contribution in [2.75, 3.05) is 7.11 Å². The van der Waals surface area contributed by atoms with E-state index in [0.29, 0.717) is 16.3 Å². The second-order valence-corrected chi connectivity index (χ2v) is 7.88. The quantitative estimate of drug-likeness (QED) is 0.339. The van der Waals surface area contributed by atoms with Gasteiger partial charge in [-0.25, -0.2) is 4.79 Å². The van der Waals surface area contributed by atoms with Crippen molar-refractivity contribution in [1.29, 1.82) is 0 Å². The molecule has 0 spiro atoms. The fourth-order valence-electron chi connectivity index (χ4n) is 2.72. The van der Waals surface area contributed by atoms with E-state index in [2.05, 4.69) is 15.0 Å². The molecule has 10 heteroatoms. The molecular formula is C19H15ClN2O6S. The fourth-order valence-corrected chi connectivity index (χ4v) is 3.57. The average Bonchev–Trinajstić information content (AvgIpc) is 2.67. The minimum Gasteiger partial charge on any atom is -0.505 e. The SMILES string of the molecule is COC(=O)c1cc2ccccc2c(/N=N/c2cc(Cl)c(C)cc2S(=O)(=O)O)c1O. The predicted molar refractivity (Wildman–Crippen MR) is 107 cm³/mol. The van der Waals surface area contributed by atoms with Gasteiger partial charge in [0.15, 0.2) is 5.75 Å². The Morgan fingerprint density at radius 1 is 1.14 bits per heavy atom. The lowest BCUT2D eigenvalue weighted by Crippen LogP contribution is -2.01. The number of hydrogen-bond acceptors (Lipinski definition) is 7. The van der Waals surface area contributed by atoms with Crippen LogP contribution < -0.4 is 0 Å². The molecule has 150 valence electrons. The Kier molecular flexibility index (Phi) is 5.56. The van der Waals surface area contributed by atoms with E-state index in [0.717, 1.165) is 6.07 Å². The maximum absolute atomic E-state index is 12.0. The van der Waals surface area contributed by atoms with E-state index < -0.39 is 26.7 Å². The number of ether oxygens (including phenoxy) is 1. The number of aromatic hydroxyl groups is 1. The van der Waals surface area contributed by atoms with E-state index in [9.17, 15) is 22.9 Å². The summed E-state index contributed by atoms with van der Waals surface area (Å²) >= 11 is 6.04. The van der Waals surface area contributed by atoms with E-state index in [1.165, 1.54) is 19.2 Å². The average molecular weight is 435 g/mol. The molecular weight excluding hydrogens is 420 g/mol. The number of benzene rings is 3. The van der Waals surface area contributed by atoms with Gasteiger partial charge in [0.05, 0.1) is 7.11 Å². The van der Waals surface area contributed by atoms with Crippen molar-refractivity contribution in [3.63, 3.8) is 0 Å². The number of phenols is 1. The van der Waals surface area contributed by atoms with Gasteiger partial charge in [-0.1, -0.05) is 35.9 Å². The van der Waals surface area contributed by atoms with E-state index in [1.54, 1.807) is 31.2 Å². The molecule has 0 aliphatic rings. The molecule has 0 amide bonds. The van der Waals surface area contributed by atoms with Gasteiger partial charge in [-0.05, 0) is 36.1 Å². The maximum atomic E-state index is 12.0. The third-order valence-electron chi connectivity index (χ3n) is 4.18. The minimum atomic E-state index is -4.60. The molecule has 3 rings (SSSR count). The van der Waals surface area contributed by atoms with Crippen LogP contribution in [0.3, 0.4) is 0 Å². The predicted octanol–water partition coefficient (Wildman–Crippen LogP) is 4.96. The van der Waals surface area contributed by atoms with E-state index in [1.807, 2.05) is 0 Å². The van der Waals surface area contributed by atoms with Crippen LogP contribution in [0.1, 0.15) is 15.9 Å². The topological polar surface area (TPSA) is 126 Å². The van der Waals surface area contributed by atoms with Crippen LogP contribution in [0.2, 0.25) is 5.02 Å². The first-order chi connectivity index (χ1) is 13.6. The van der Waals surface area contributed by atoms with Gasteiger partial charge < -0.3 is 9.84 Å². The molecule has 0 unspecified atom stereocenters. The molecule has 3 aromatic carbocycles. The second kappa shape index (κ2) is 7.78. The van der Waals surface area contributed by atoms with Crippen molar-refractivity contribution < 1.29 is 27.6 Å². The van der Waals surface area contributed by atoms with Crippen LogP contribution in [0.4, 0.5) is 11.4 Å². The number of phenolic OH excluding ortho intramolecular Hbond substituents is 1. The fraction of sp³-hybridized carbons (Fsp3) is 0.105. The summed E-state index contributed by atoms with van der Waals surface area (Å²) in [4.78, 5) is 11.5. The van der Waals surface area contributed by atoms with Crippen molar-refractivity contribution in [3.05, 3.63) is 58.6 Å². The number of carbonyl (C=O) groups is 1. The van der Waals surface area contributed by atoms with Gasteiger partial charge in [0.1, 0.15) is 21.8 Å². The lowest BCUT2D eigenvalue weighted by molar-refractivity contribution is 0.0597. The summed E-state index contributed by atoms with van der Waals surface area (Å²) in [6, 6.07) is 10.6. The van der Waals surface area contributed by atoms with Crippen molar-refractivity contribution in [2.24, 2.45) is 10.2 Å². The smallest absolute Gasteiger partial charge is 0.341 e. The van der Waals surface area contributed by atoms with Crippen molar-refractivity contribution >= 4 is 49.8 Å². The zero-order valence-corrected chi connectivity index (χ0v) is 16.8. The lowest BCUT2D eigenvalue weighted by atomic mass is 10.0. The first kappa shape index (κ1) is 20.7. The number of aryl methyl sites for hydroxylation is 1. The number of fused-ring (bicyclic) bond motifs is 1. The van der Waals surface area contributed by atoms with Gasteiger partial charge in [-0.3, -0.25) is 4.55 Å². The van der Waals surface area contributed by atoms with Crippen molar-refractivity contribution in [3.8, 4) is 5.75 Å².